The molecule has 0 aliphatic rings. The van der Waals surface area contributed by atoms with Gasteiger partial charge in [-0.05, 0) is 64.8 Å². The van der Waals surface area contributed by atoms with Gasteiger partial charge in [-0.3, -0.25) is 0 Å². The first kappa shape index (κ1) is 15.0. The lowest BCUT2D eigenvalue weighted by molar-refractivity contribution is 0.299. The molecule has 0 aromatic heterocycles. The minimum atomic E-state index is 0.165. The van der Waals surface area contributed by atoms with Crippen LogP contribution < -0.4 is 10.1 Å². The van der Waals surface area contributed by atoms with Gasteiger partial charge in [-0.25, -0.2) is 0 Å². The summed E-state index contributed by atoms with van der Waals surface area (Å²) < 4.78 is 6.78. The molecule has 3 nitrogen and oxygen atoms in total. The topological polar surface area (TPSA) is 41.5 Å². The Morgan fingerprint density at radius 2 is 1.80 bits per heavy atom. The molecule has 2 N–H and O–H groups in total. The molecule has 2 rings (SSSR count). The van der Waals surface area contributed by atoms with Crippen LogP contribution in [0.4, 0.5) is 0 Å². The van der Waals surface area contributed by atoms with E-state index in [1.807, 2.05) is 49.5 Å². The third kappa shape index (κ3) is 4.07. The molecule has 4 heteroatoms. The molecule has 106 valence electrons. The van der Waals surface area contributed by atoms with Crippen molar-refractivity contribution in [3.8, 4) is 11.5 Å². The largest absolute Gasteiger partial charge is 0.456 e. The van der Waals surface area contributed by atoms with Crippen LogP contribution in [0.15, 0.2) is 46.9 Å². The highest BCUT2D eigenvalue weighted by Gasteiger charge is 2.04. The van der Waals surface area contributed by atoms with Crippen molar-refractivity contribution >= 4 is 15.9 Å². The van der Waals surface area contributed by atoms with Crippen LogP contribution in [0.25, 0.3) is 0 Å². The molecule has 0 aliphatic heterocycles. The number of hydrogen-bond acceptors (Lipinski definition) is 3. The average Bonchev–Trinajstić information content (AvgIpc) is 2.44. The normalized spacial score (nSPS) is 10.6. The second-order valence-electron chi connectivity index (χ2n) is 4.51. The predicted molar refractivity (Wildman–Crippen MR) is 84.2 cm³/mol. The summed E-state index contributed by atoms with van der Waals surface area (Å²) in [7, 11) is 1.92. The first-order chi connectivity index (χ1) is 9.72. The van der Waals surface area contributed by atoms with Crippen molar-refractivity contribution in [1.82, 2.24) is 5.32 Å². The number of rotatable bonds is 6. The second-order valence-corrected chi connectivity index (χ2v) is 5.37. The van der Waals surface area contributed by atoms with Gasteiger partial charge < -0.3 is 15.2 Å². The molecule has 0 saturated heterocycles. The van der Waals surface area contributed by atoms with Crippen molar-refractivity contribution in [3.05, 3.63) is 58.1 Å². The van der Waals surface area contributed by atoms with Gasteiger partial charge in [0, 0.05) is 13.2 Å². The molecular weight excluding hydrogens is 318 g/mol. The van der Waals surface area contributed by atoms with Crippen molar-refractivity contribution in [3.63, 3.8) is 0 Å². The summed E-state index contributed by atoms with van der Waals surface area (Å²) >= 11 is 3.53. The van der Waals surface area contributed by atoms with Gasteiger partial charge in [0.15, 0.2) is 0 Å². The van der Waals surface area contributed by atoms with Gasteiger partial charge >= 0.3 is 0 Å². The maximum absolute atomic E-state index is 8.89. The number of hydrogen-bond donors (Lipinski definition) is 2. The van der Waals surface area contributed by atoms with Gasteiger partial charge in [-0.15, -0.1) is 0 Å². The van der Waals surface area contributed by atoms with E-state index in [4.69, 9.17) is 9.84 Å². The maximum Gasteiger partial charge on any atom is 0.141 e. The summed E-state index contributed by atoms with van der Waals surface area (Å²) in [5.74, 6) is 1.58. The number of benzene rings is 2. The molecule has 0 aliphatic carbocycles. The zero-order valence-electron chi connectivity index (χ0n) is 11.4. The number of ether oxygens (including phenoxy) is 1. The van der Waals surface area contributed by atoms with Crippen molar-refractivity contribution in [2.75, 3.05) is 13.7 Å². The van der Waals surface area contributed by atoms with Gasteiger partial charge in [-0.2, -0.15) is 0 Å². The summed E-state index contributed by atoms with van der Waals surface area (Å²) in [6.07, 6.45) is 0.669. The standard InChI is InChI=1S/C16H18BrNO2/c1-18-11-13-4-7-16(15(17)10-13)20-14-5-2-12(3-6-14)8-9-19/h2-7,10,18-19H,8-9,11H2,1H3. The molecule has 2 aromatic rings. The van der Waals surface area contributed by atoms with Crippen LogP contribution in [0, 0.1) is 0 Å². The van der Waals surface area contributed by atoms with E-state index in [1.165, 1.54) is 5.56 Å². The lowest BCUT2D eigenvalue weighted by Gasteiger charge is -2.10. The highest BCUT2D eigenvalue weighted by atomic mass is 79.9. The van der Waals surface area contributed by atoms with Gasteiger partial charge in [0.05, 0.1) is 4.47 Å². The molecule has 0 amide bonds. The van der Waals surface area contributed by atoms with Crippen LogP contribution in [0.1, 0.15) is 11.1 Å². The average molecular weight is 336 g/mol. The van der Waals surface area contributed by atoms with E-state index in [0.717, 1.165) is 28.1 Å². The van der Waals surface area contributed by atoms with Crippen molar-refractivity contribution < 1.29 is 9.84 Å². The second kappa shape index (κ2) is 7.43. The van der Waals surface area contributed by atoms with Crippen molar-refractivity contribution in [1.29, 1.82) is 0 Å². The fourth-order valence-corrected chi connectivity index (χ4v) is 2.43. The third-order valence-corrected chi connectivity index (χ3v) is 3.55. The van der Waals surface area contributed by atoms with Gasteiger partial charge in [0.25, 0.3) is 0 Å². The molecule has 0 fully saturated rings. The van der Waals surface area contributed by atoms with Crippen LogP contribution in [0.2, 0.25) is 0 Å². The highest BCUT2D eigenvalue weighted by Crippen LogP contribution is 2.30. The van der Waals surface area contributed by atoms with E-state index in [-0.39, 0.29) is 6.61 Å². The number of halogens is 1. The maximum atomic E-state index is 8.89. The SMILES string of the molecule is CNCc1ccc(Oc2ccc(CCO)cc2)c(Br)c1. The summed E-state index contributed by atoms with van der Waals surface area (Å²) in [5.41, 5.74) is 2.30. The van der Waals surface area contributed by atoms with E-state index >= 15 is 0 Å². The van der Waals surface area contributed by atoms with Crippen LogP contribution in [-0.2, 0) is 13.0 Å². The van der Waals surface area contributed by atoms with Crippen LogP contribution in [0.3, 0.4) is 0 Å². The lowest BCUT2D eigenvalue weighted by Crippen LogP contribution is -2.04. The summed E-state index contributed by atoms with van der Waals surface area (Å²) in [6, 6.07) is 13.8. The van der Waals surface area contributed by atoms with Crippen LogP contribution in [-0.4, -0.2) is 18.8 Å². The van der Waals surface area contributed by atoms with E-state index in [9.17, 15) is 0 Å². The molecule has 20 heavy (non-hydrogen) atoms. The van der Waals surface area contributed by atoms with Crippen molar-refractivity contribution in [2.24, 2.45) is 0 Å². The Morgan fingerprint density at radius 1 is 1.10 bits per heavy atom. The fourth-order valence-electron chi connectivity index (χ4n) is 1.92. The predicted octanol–water partition coefficient (Wildman–Crippen LogP) is 3.50. The number of aliphatic hydroxyl groups is 1. The van der Waals surface area contributed by atoms with Crippen LogP contribution in [0.5, 0.6) is 11.5 Å². The fraction of sp³-hybridized carbons (Fsp3) is 0.250. The van der Waals surface area contributed by atoms with E-state index in [0.29, 0.717) is 6.42 Å². The molecule has 0 bridgehead atoms. The Balaban J connectivity index is 2.09. The summed E-state index contributed by atoms with van der Waals surface area (Å²) in [5, 5.41) is 12.0. The van der Waals surface area contributed by atoms with Gasteiger partial charge in [-0.1, -0.05) is 18.2 Å². The van der Waals surface area contributed by atoms with E-state index in [2.05, 4.69) is 21.2 Å². The molecule has 0 unspecified atom stereocenters. The van der Waals surface area contributed by atoms with Crippen molar-refractivity contribution in [2.45, 2.75) is 13.0 Å². The third-order valence-electron chi connectivity index (χ3n) is 2.93. The monoisotopic (exact) mass is 335 g/mol. The Kier molecular flexibility index (Phi) is 5.59. The van der Waals surface area contributed by atoms with Gasteiger partial charge in [0.2, 0.25) is 0 Å². The molecule has 0 spiro atoms. The molecule has 0 atom stereocenters. The van der Waals surface area contributed by atoms with Gasteiger partial charge in [0.1, 0.15) is 11.5 Å². The molecule has 0 radical (unpaired) electrons. The Bertz CT molecular complexity index is 555. The zero-order chi connectivity index (χ0) is 14.4. The minimum Gasteiger partial charge on any atom is -0.456 e. The number of aliphatic hydroxyl groups excluding tert-OH is 1. The quantitative estimate of drug-likeness (QED) is 0.848. The lowest BCUT2D eigenvalue weighted by atomic mass is 10.1. The van der Waals surface area contributed by atoms with Crippen LogP contribution >= 0.6 is 15.9 Å². The first-order valence-corrected chi connectivity index (χ1v) is 7.33. The molecule has 0 saturated carbocycles. The first-order valence-electron chi connectivity index (χ1n) is 6.53. The van der Waals surface area contributed by atoms with E-state index in [1.54, 1.807) is 0 Å². The molecule has 0 heterocycles. The highest BCUT2D eigenvalue weighted by molar-refractivity contribution is 9.10. The number of nitrogens with one attached hydrogen (secondary N) is 1. The van der Waals surface area contributed by atoms with E-state index < -0.39 is 0 Å². The summed E-state index contributed by atoms with van der Waals surface area (Å²) in [4.78, 5) is 0. The molecular formula is C16H18BrNO2. The Morgan fingerprint density at radius 3 is 2.40 bits per heavy atom. The zero-order valence-corrected chi connectivity index (χ0v) is 13.0. The Hall–Kier alpha value is -1.36. The smallest absolute Gasteiger partial charge is 0.141 e. The minimum absolute atomic E-state index is 0.165. The Labute approximate surface area is 127 Å². The molecule has 2 aromatic carbocycles. The summed E-state index contributed by atoms with van der Waals surface area (Å²) in [6.45, 7) is 0.993.